The fourth-order valence-corrected chi connectivity index (χ4v) is 3.39. The molecule has 0 unspecified atom stereocenters. The zero-order chi connectivity index (χ0) is 15.6. The Kier molecular flexibility index (Phi) is 5.18. The van der Waals surface area contributed by atoms with Gasteiger partial charge in [0.15, 0.2) is 0 Å². The van der Waals surface area contributed by atoms with E-state index in [0.717, 1.165) is 25.8 Å². The van der Waals surface area contributed by atoms with Crippen LogP contribution in [-0.2, 0) is 0 Å². The summed E-state index contributed by atoms with van der Waals surface area (Å²) >= 11 is 12.1. The van der Waals surface area contributed by atoms with Crippen LogP contribution in [0.15, 0.2) is 33.3 Å². The van der Waals surface area contributed by atoms with Gasteiger partial charge in [-0.25, -0.2) is 4.98 Å². The fraction of sp³-hybridized carbons (Fsp3) is 0.143. The first-order valence-corrected chi connectivity index (χ1v) is 7.99. The summed E-state index contributed by atoms with van der Waals surface area (Å²) in [5, 5.41) is 3.24. The highest BCUT2D eigenvalue weighted by Gasteiger charge is 2.13. The Bertz CT molecular complexity index is 707. The van der Waals surface area contributed by atoms with Crippen molar-refractivity contribution in [1.29, 1.82) is 0 Å². The summed E-state index contributed by atoms with van der Waals surface area (Å²) in [6.07, 6.45) is 1.71. The number of nitrogens with zero attached hydrogens (tertiary/aromatic N) is 1. The van der Waals surface area contributed by atoms with Crippen molar-refractivity contribution >= 4 is 60.6 Å². The molecule has 0 saturated heterocycles. The van der Waals surface area contributed by atoms with Crippen LogP contribution >= 0.6 is 44.1 Å². The molecule has 0 amide bonds. The molecule has 1 heterocycles. The number of nitrogens with two attached hydrogens (primary N) is 1. The average Bonchev–Trinajstić information content (AvgIpc) is 2.41. The predicted molar refractivity (Wildman–Crippen MR) is 96.5 cm³/mol. The van der Waals surface area contributed by atoms with E-state index in [2.05, 4.69) is 42.2 Å². The van der Waals surface area contributed by atoms with Gasteiger partial charge < -0.3 is 15.8 Å². The molecule has 0 aliphatic heterocycles. The first-order chi connectivity index (χ1) is 9.93. The predicted octanol–water partition coefficient (Wildman–Crippen LogP) is 4.30. The zero-order valence-corrected chi connectivity index (χ0v) is 15.4. The lowest BCUT2D eigenvalue weighted by Gasteiger charge is -2.15. The molecular weight excluding hydrogens is 418 g/mol. The van der Waals surface area contributed by atoms with Crippen molar-refractivity contribution in [3.8, 4) is 5.75 Å². The molecule has 2 aromatic rings. The number of benzene rings is 1. The van der Waals surface area contributed by atoms with Gasteiger partial charge in [-0.1, -0.05) is 12.2 Å². The van der Waals surface area contributed by atoms with E-state index < -0.39 is 0 Å². The number of methoxy groups -OCH3 is 1. The van der Waals surface area contributed by atoms with Gasteiger partial charge in [0.2, 0.25) is 0 Å². The minimum atomic E-state index is 0.309. The average molecular weight is 431 g/mol. The van der Waals surface area contributed by atoms with Gasteiger partial charge in [0.25, 0.3) is 0 Å². The Hall–Kier alpha value is -1.18. The summed E-state index contributed by atoms with van der Waals surface area (Å²) in [6.45, 7) is 1.94. The maximum atomic E-state index is 5.79. The van der Waals surface area contributed by atoms with Crippen LogP contribution in [0, 0.1) is 6.92 Å². The summed E-state index contributed by atoms with van der Waals surface area (Å²) in [6, 6.07) is 5.63. The number of nitrogens with one attached hydrogen (secondary N) is 1. The molecule has 1 aromatic carbocycles. The van der Waals surface area contributed by atoms with E-state index >= 15 is 0 Å². The molecule has 0 saturated carbocycles. The third kappa shape index (κ3) is 3.53. The van der Waals surface area contributed by atoms with Crippen LogP contribution in [-0.4, -0.2) is 17.1 Å². The number of aryl methyl sites for hydroxylation is 1. The molecule has 0 aliphatic rings. The maximum Gasteiger partial charge on any atom is 0.140 e. The summed E-state index contributed by atoms with van der Waals surface area (Å²) in [7, 11) is 1.61. The number of anilines is 2. The summed E-state index contributed by atoms with van der Waals surface area (Å²) in [4.78, 5) is 4.63. The van der Waals surface area contributed by atoms with Gasteiger partial charge in [0.1, 0.15) is 16.6 Å². The molecule has 1 aromatic heterocycles. The Balaban J connectivity index is 2.48. The molecule has 0 radical (unpaired) electrons. The molecule has 0 aliphatic carbocycles. The van der Waals surface area contributed by atoms with Gasteiger partial charge in [-0.3, -0.25) is 0 Å². The lowest BCUT2D eigenvalue weighted by Crippen LogP contribution is -2.15. The Labute approximate surface area is 145 Å². The van der Waals surface area contributed by atoms with Crippen molar-refractivity contribution in [1.82, 2.24) is 4.98 Å². The largest absolute Gasteiger partial charge is 0.495 e. The van der Waals surface area contributed by atoms with Crippen LogP contribution < -0.4 is 15.8 Å². The SMILES string of the molecule is COc1cc(Nc2nccc(C)c2C(N)=S)c(Br)cc1Br. The van der Waals surface area contributed by atoms with Gasteiger partial charge in [0.05, 0.1) is 22.8 Å². The molecule has 2 rings (SSSR count). The van der Waals surface area contributed by atoms with Gasteiger partial charge in [0, 0.05) is 16.7 Å². The van der Waals surface area contributed by atoms with E-state index in [9.17, 15) is 0 Å². The van der Waals surface area contributed by atoms with E-state index in [1.807, 2.05) is 25.1 Å². The van der Waals surface area contributed by atoms with Gasteiger partial charge in [-0.15, -0.1) is 0 Å². The minimum Gasteiger partial charge on any atom is -0.495 e. The second kappa shape index (κ2) is 6.72. The lowest BCUT2D eigenvalue weighted by atomic mass is 10.1. The van der Waals surface area contributed by atoms with E-state index in [-0.39, 0.29) is 0 Å². The standard InChI is InChI=1S/C14H13Br2N3OS/c1-7-3-4-18-14(12(7)13(17)21)19-10-6-11(20-2)9(16)5-8(10)15/h3-6H,1-2H3,(H2,17,21)(H,18,19). The smallest absolute Gasteiger partial charge is 0.140 e. The maximum absolute atomic E-state index is 5.79. The monoisotopic (exact) mass is 429 g/mol. The summed E-state index contributed by atoms with van der Waals surface area (Å²) < 4.78 is 7.02. The lowest BCUT2D eigenvalue weighted by molar-refractivity contribution is 0.412. The minimum absolute atomic E-state index is 0.309. The number of aromatic nitrogens is 1. The number of rotatable bonds is 4. The van der Waals surface area contributed by atoms with Crippen molar-refractivity contribution in [2.24, 2.45) is 5.73 Å². The number of pyridine rings is 1. The molecule has 0 spiro atoms. The Morgan fingerprint density at radius 2 is 2.05 bits per heavy atom. The molecule has 3 N–H and O–H groups in total. The highest BCUT2D eigenvalue weighted by atomic mass is 79.9. The van der Waals surface area contributed by atoms with Crippen molar-refractivity contribution in [3.05, 3.63) is 44.5 Å². The van der Waals surface area contributed by atoms with E-state index in [4.69, 9.17) is 22.7 Å². The fourth-order valence-electron chi connectivity index (χ4n) is 1.87. The van der Waals surface area contributed by atoms with Crippen molar-refractivity contribution in [2.75, 3.05) is 12.4 Å². The van der Waals surface area contributed by atoms with Crippen molar-refractivity contribution < 1.29 is 4.74 Å². The topological polar surface area (TPSA) is 60.2 Å². The van der Waals surface area contributed by atoms with E-state index in [1.54, 1.807) is 13.3 Å². The highest BCUT2D eigenvalue weighted by Crippen LogP contribution is 2.36. The molecule has 7 heteroatoms. The van der Waals surface area contributed by atoms with Gasteiger partial charge in [-0.05, 0) is 56.5 Å². The second-order valence-corrected chi connectivity index (χ2v) is 6.46. The van der Waals surface area contributed by atoms with Crippen LogP contribution in [0.5, 0.6) is 5.75 Å². The molecule has 0 fully saturated rings. The Morgan fingerprint density at radius 1 is 1.33 bits per heavy atom. The molecule has 110 valence electrons. The number of thiocarbonyl (C=S) groups is 1. The number of hydrogen-bond acceptors (Lipinski definition) is 4. The van der Waals surface area contributed by atoms with Crippen LogP contribution in [0.3, 0.4) is 0 Å². The van der Waals surface area contributed by atoms with E-state index in [0.29, 0.717) is 16.6 Å². The highest BCUT2D eigenvalue weighted by molar-refractivity contribution is 9.11. The van der Waals surface area contributed by atoms with Crippen molar-refractivity contribution in [2.45, 2.75) is 6.92 Å². The molecular formula is C14H13Br2N3OS. The Morgan fingerprint density at radius 3 is 2.67 bits per heavy atom. The van der Waals surface area contributed by atoms with Crippen LogP contribution in [0.1, 0.15) is 11.1 Å². The normalized spacial score (nSPS) is 10.3. The number of halogens is 2. The number of ether oxygens (including phenoxy) is 1. The molecule has 0 bridgehead atoms. The first-order valence-electron chi connectivity index (χ1n) is 5.99. The van der Waals surface area contributed by atoms with E-state index in [1.165, 1.54) is 0 Å². The third-order valence-electron chi connectivity index (χ3n) is 2.90. The van der Waals surface area contributed by atoms with Crippen LogP contribution in [0.4, 0.5) is 11.5 Å². The van der Waals surface area contributed by atoms with Gasteiger partial charge in [-0.2, -0.15) is 0 Å². The van der Waals surface area contributed by atoms with Crippen molar-refractivity contribution in [3.63, 3.8) is 0 Å². The van der Waals surface area contributed by atoms with Gasteiger partial charge >= 0.3 is 0 Å². The van der Waals surface area contributed by atoms with Crippen LogP contribution in [0.2, 0.25) is 0 Å². The zero-order valence-electron chi connectivity index (χ0n) is 11.4. The second-order valence-electron chi connectivity index (χ2n) is 4.31. The summed E-state index contributed by atoms with van der Waals surface area (Å²) in [5.74, 6) is 1.33. The molecule has 4 nitrogen and oxygen atoms in total. The molecule has 21 heavy (non-hydrogen) atoms. The quantitative estimate of drug-likeness (QED) is 0.708. The summed E-state index contributed by atoms with van der Waals surface area (Å²) in [5.41, 5.74) is 8.32. The molecule has 0 atom stereocenters. The van der Waals surface area contributed by atoms with Crippen LogP contribution in [0.25, 0.3) is 0 Å². The third-order valence-corrected chi connectivity index (χ3v) is 4.38. The first kappa shape index (κ1) is 16.2. The number of hydrogen-bond donors (Lipinski definition) is 2.